The van der Waals surface area contributed by atoms with E-state index in [1.54, 1.807) is 45.2 Å². The summed E-state index contributed by atoms with van der Waals surface area (Å²) in [4.78, 5) is 27.5. The van der Waals surface area contributed by atoms with Crippen molar-refractivity contribution in [2.24, 2.45) is 0 Å². The number of anilines is 1. The van der Waals surface area contributed by atoms with Crippen LogP contribution in [-0.4, -0.2) is 54.5 Å². The SMILES string of the molecule is Cc1ccc(N(C)N2C(=O)[C@@H](Oc3ccccc3)[C@@]2(C)C(=O)N(C)C)cc1. The minimum absolute atomic E-state index is 0.193. The number of para-hydroxylation sites is 1. The van der Waals surface area contributed by atoms with Gasteiger partial charge in [-0.2, -0.15) is 0 Å². The van der Waals surface area contributed by atoms with Crippen molar-refractivity contribution < 1.29 is 14.3 Å². The Hall–Kier alpha value is -3.02. The number of likely N-dealkylation sites (N-methyl/N-ethyl adjacent to an activating group) is 1. The third-order valence-corrected chi connectivity index (χ3v) is 4.93. The molecule has 0 unspecified atom stereocenters. The zero-order valence-corrected chi connectivity index (χ0v) is 16.3. The molecule has 2 atom stereocenters. The average molecular weight is 367 g/mol. The van der Waals surface area contributed by atoms with Gasteiger partial charge < -0.3 is 9.64 Å². The summed E-state index contributed by atoms with van der Waals surface area (Å²) >= 11 is 0. The summed E-state index contributed by atoms with van der Waals surface area (Å²) in [5.41, 5.74) is 0.806. The van der Waals surface area contributed by atoms with Crippen molar-refractivity contribution in [2.45, 2.75) is 25.5 Å². The molecule has 6 nitrogen and oxygen atoms in total. The quantitative estimate of drug-likeness (QED) is 0.762. The van der Waals surface area contributed by atoms with Gasteiger partial charge in [-0.25, -0.2) is 5.01 Å². The largest absolute Gasteiger partial charge is 0.477 e. The number of nitrogens with zero attached hydrogens (tertiary/aromatic N) is 3. The first-order valence-corrected chi connectivity index (χ1v) is 8.84. The second kappa shape index (κ2) is 6.95. The van der Waals surface area contributed by atoms with E-state index in [4.69, 9.17) is 4.74 Å². The van der Waals surface area contributed by atoms with Crippen molar-refractivity contribution in [2.75, 3.05) is 26.2 Å². The Bertz CT molecular complexity index is 836. The lowest BCUT2D eigenvalue weighted by Crippen LogP contribution is -2.82. The van der Waals surface area contributed by atoms with Crippen LogP contribution < -0.4 is 9.75 Å². The van der Waals surface area contributed by atoms with Gasteiger partial charge in [0.05, 0.1) is 5.69 Å². The average Bonchev–Trinajstić information content (AvgIpc) is 2.66. The van der Waals surface area contributed by atoms with Crippen LogP contribution in [0, 0.1) is 6.92 Å². The number of rotatable bonds is 5. The molecule has 142 valence electrons. The van der Waals surface area contributed by atoms with Gasteiger partial charge in [-0.1, -0.05) is 35.9 Å². The molecule has 2 aromatic carbocycles. The minimum atomic E-state index is -1.14. The van der Waals surface area contributed by atoms with Gasteiger partial charge in [-0.15, -0.1) is 0 Å². The van der Waals surface area contributed by atoms with E-state index in [1.807, 2.05) is 49.4 Å². The second-order valence-corrected chi connectivity index (χ2v) is 7.17. The van der Waals surface area contributed by atoms with E-state index >= 15 is 0 Å². The van der Waals surface area contributed by atoms with Crippen molar-refractivity contribution in [3.8, 4) is 5.75 Å². The summed E-state index contributed by atoms with van der Waals surface area (Å²) < 4.78 is 5.92. The Morgan fingerprint density at radius 1 is 1.04 bits per heavy atom. The molecule has 3 rings (SSSR count). The minimum Gasteiger partial charge on any atom is -0.477 e. The van der Waals surface area contributed by atoms with E-state index in [9.17, 15) is 9.59 Å². The molecule has 0 saturated carbocycles. The molecule has 1 fully saturated rings. The Morgan fingerprint density at radius 2 is 1.63 bits per heavy atom. The molecule has 0 radical (unpaired) electrons. The summed E-state index contributed by atoms with van der Waals surface area (Å²) in [5, 5.41) is 3.20. The standard InChI is InChI=1S/C21H25N3O3/c1-15-11-13-16(14-12-15)23(5)24-19(25)18(21(24,2)20(26)22(3)4)27-17-9-7-6-8-10-17/h6-14,18H,1-5H3/t18-,21+/m1/s1. The molecule has 1 aliphatic heterocycles. The molecule has 2 amide bonds. The Labute approximate surface area is 159 Å². The summed E-state index contributed by atoms with van der Waals surface area (Å²) in [6.07, 6.45) is -0.886. The van der Waals surface area contributed by atoms with Crippen LogP contribution in [0.5, 0.6) is 5.75 Å². The highest BCUT2D eigenvalue weighted by atomic mass is 16.5. The first-order valence-electron chi connectivity index (χ1n) is 8.84. The number of ether oxygens (including phenoxy) is 1. The maximum Gasteiger partial charge on any atom is 0.286 e. The van der Waals surface area contributed by atoms with Crippen molar-refractivity contribution >= 4 is 17.5 Å². The molecule has 0 bridgehead atoms. The molecule has 1 saturated heterocycles. The van der Waals surface area contributed by atoms with E-state index in [0.717, 1.165) is 11.3 Å². The van der Waals surface area contributed by atoms with Crippen LogP contribution in [0.25, 0.3) is 0 Å². The van der Waals surface area contributed by atoms with Crippen LogP contribution in [0.4, 0.5) is 5.69 Å². The number of carbonyl (C=O) groups is 2. The van der Waals surface area contributed by atoms with Crippen molar-refractivity contribution in [3.63, 3.8) is 0 Å². The summed E-state index contributed by atoms with van der Waals surface area (Å²) in [5.74, 6) is 0.118. The zero-order chi connectivity index (χ0) is 19.8. The number of amides is 2. The van der Waals surface area contributed by atoms with Crippen molar-refractivity contribution in [1.29, 1.82) is 0 Å². The van der Waals surface area contributed by atoms with Crippen LogP contribution in [0.15, 0.2) is 54.6 Å². The molecular formula is C21H25N3O3. The fraction of sp³-hybridized carbons (Fsp3) is 0.333. The van der Waals surface area contributed by atoms with Gasteiger partial charge in [0.2, 0.25) is 6.10 Å². The van der Waals surface area contributed by atoms with Crippen molar-refractivity contribution in [1.82, 2.24) is 9.91 Å². The number of carbonyl (C=O) groups excluding carboxylic acids is 2. The van der Waals surface area contributed by atoms with Gasteiger partial charge in [-0.3, -0.25) is 14.6 Å². The number of hydrogen-bond acceptors (Lipinski definition) is 4. The lowest BCUT2D eigenvalue weighted by atomic mass is 9.82. The van der Waals surface area contributed by atoms with Gasteiger partial charge in [0, 0.05) is 21.1 Å². The molecule has 27 heavy (non-hydrogen) atoms. The van der Waals surface area contributed by atoms with Gasteiger partial charge in [0.25, 0.3) is 11.8 Å². The van der Waals surface area contributed by atoms with Crippen LogP contribution >= 0.6 is 0 Å². The van der Waals surface area contributed by atoms with E-state index in [0.29, 0.717) is 5.75 Å². The van der Waals surface area contributed by atoms with Crippen LogP contribution in [0.3, 0.4) is 0 Å². The van der Waals surface area contributed by atoms with Gasteiger partial charge in [0.1, 0.15) is 5.75 Å². The molecule has 6 heteroatoms. The number of benzene rings is 2. The summed E-state index contributed by atoms with van der Waals surface area (Å²) in [7, 11) is 5.14. The maximum absolute atomic E-state index is 13.0. The maximum atomic E-state index is 13.0. The molecule has 0 aliphatic carbocycles. The highest BCUT2D eigenvalue weighted by Crippen LogP contribution is 2.39. The lowest BCUT2D eigenvalue weighted by Gasteiger charge is -2.56. The van der Waals surface area contributed by atoms with E-state index < -0.39 is 11.6 Å². The van der Waals surface area contributed by atoms with Crippen LogP contribution in [0.1, 0.15) is 12.5 Å². The molecule has 0 aromatic heterocycles. The predicted octanol–water partition coefficient (Wildman–Crippen LogP) is 2.48. The lowest BCUT2D eigenvalue weighted by molar-refractivity contribution is -0.189. The Kier molecular flexibility index (Phi) is 4.83. The molecule has 1 heterocycles. The number of β-lactam (4-membered cyclic amide) rings is 1. The topological polar surface area (TPSA) is 53.1 Å². The van der Waals surface area contributed by atoms with Gasteiger partial charge in [-0.05, 0) is 38.1 Å². The first-order chi connectivity index (χ1) is 12.8. The van der Waals surface area contributed by atoms with Crippen LogP contribution in [-0.2, 0) is 9.59 Å². The van der Waals surface area contributed by atoms with E-state index in [2.05, 4.69) is 0 Å². The van der Waals surface area contributed by atoms with Crippen molar-refractivity contribution in [3.05, 3.63) is 60.2 Å². The fourth-order valence-electron chi connectivity index (χ4n) is 3.42. The third-order valence-electron chi connectivity index (χ3n) is 4.93. The summed E-state index contributed by atoms with van der Waals surface area (Å²) in [6.45, 7) is 3.75. The smallest absolute Gasteiger partial charge is 0.286 e. The number of aryl methyl sites for hydroxylation is 1. The highest BCUT2D eigenvalue weighted by molar-refractivity contribution is 6.05. The Balaban J connectivity index is 1.94. The number of hydrazine groups is 1. The predicted molar refractivity (Wildman–Crippen MR) is 104 cm³/mol. The molecule has 2 aromatic rings. The monoisotopic (exact) mass is 367 g/mol. The Morgan fingerprint density at radius 3 is 2.19 bits per heavy atom. The van der Waals surface area contributed by atoms with Crippen LogP contribution in [0.2, 0.25) is 0 Å². The zero-order valence-electron chi connectivity index (χ0n) is 16.3. The molecule has 0 spiro atoms. The second-order valence-electron chi connectivity index (χ2n) is 7.17. The van der Waals surface area contributed by atoms with Gasteiger partial charge >= 0.3 is 0 Å². The fourth-order valence-corrected chi connectivity index (χ4v) is 3.42. The highest BCUT2D eigenvalue weighted by Gasteiger charge is 2.66. The molecular weight excluding hydrogens is 342 g/mol. The normalized spacial score (nSPS) is 21.4. The summed E-state index contributed by atoms with van der Waals surface area (Å²) in [6, 6.07) is 16.9. The van der Waals surface area contributed by atoms with Gasteiger partial charge in [0.15, 0.2) is 5.54 Å². The number of hydrogen-bond donors (Lipinski definition) is 0. The molecule has 0 N–H and O–H groups in total. The third kappa shape index (κ3) is 3.12. The van der Waals surface area contributed by atoms with E-state index in [-0.39, 0.29) is 11.8 Å². The first kappa shape index (κ1) is 18.8. The van der Waals surface area contributed by atoms with E-state index in [1.165, 1.54) is 9.91 Å². The molecule has 1 aliphatic rings.